The van der Waals surface area contributed by atoms with Crippen molar-refractivity contribution in [3.63, 3.8) is 0 Å². The molecular formula is C34H52N4O7S. The van der Waals surface area contributed by atoms with Gasteiger partial charge in [0.1, 0.15) is 0 Å². The molecule has 0 heterocycles. The first kappa shape index (κ1) is 40.4. The molecule has 0 radical (unpaired) electrons. The van der Waals surface area contributed by atoms with Crippen molar-refractivity contribution in [1.82, 2.24) is 20.8 Å². The van der Waals surface area contributed by atoms with Gasteiger partial charge >= 0.3 is 0 Å². The number of allylic oxidation sites excluding steroid dienone is 1. The Hall–Kier alpha value is -3.58. The highest BCUT2D eigenvalue weighted by atomic mass is 32.2. The average Bonchev–Trinajstić information content (AvgIpc) is 3.00. The number of hydrazine groups is 1. The number of likely N-dealkylation sites (N-methyl/N-ethyl adjacent to an activating group) is 1. The van der Waals surface area contributed by atoms with Crippen LogP contribution in [-0.4, -0.2) is 72.0 Å². The summed E-state index contributed by atoms with van der Waals surface area (Å²) in [5.41, 5.74) is 6.47. The molecule has 0 unspecified atom stereocenters. The molecule has 0 saturated carbocycles. The van der Waals surface area contributed by atoms with E-state index in [1.54, 1.807) is 17.6 Å². The van der Waals surface area contributed by atoms with Crippen LogP contribution >= 0.6 is 0 Å². The van der Waals surface area contributed by atoms with Gasteiger partial charge in [0.05, 0.1) is 23.3 Å². The molecule has 0 aliphatic carbocycles. The summed E-state index contributed by atoms with van der Waals surface area (Å²) in [7, 11) is -4.02. The molecule has 0 aliphatic heterocycles. The van der Waals surface area contributed by atoms with Crippen molar-refractivity contribution in [2.45, 2.75) is 66.2 Å². The van der Waals surface area contributed by atoms with Gasteiger partial charge in [0.25, 0.3) is 16.0 Å². The minimum absolute atomic E-state index is 0.0666. The van der Waals surface area contributed by atoms with Gasteiger partial charge in [-0.05, 0) is 62.4 Å². The number of hydroxylamine groups is 1. The summed E-state index contributed by atoms with van der Waals surface area (Å²) in [4.78, 5) is 41.1. The highest BCUT2D eigenvalue weighted by Gasteiger charge is 2.35. The summed E-state index contributed by atoms with van der Waals surface area (Å²) in [6.07, 6.45) is 4.43. The van der Waals surface area contributed by atoms with Gasteiger partial charge in [-0.25, -0.2) is 5.48 Å². The highest BCUT2D eigenvalue weighted by Crippen LogP contribution is 2.26. The molecule has 256 valence electrons. The maximum absolute atomic E-state index is 13.5. The van der Waals surface area contributed by atoms with Crippen molar-refractivity contribution in [1.29, 1.82) is 0 Å². The number of carbonyl (C=O) groups excluding carboxylic acids is 3. The van der Waals surface area contributed by atoms with Crippen LogP contribution < -0.4 is 10.9 Å². The van der Waals surface area contributed by atoms with Gasteiger partial charge in [-0.1, -0.05) is 102 Å². The molecule has 2 atom stereocenters. The number of nitrogens with one attached hydrogen (secondary N) is 2. The molecule has 11 nitrogen and oxygen atoms in total. The second-order valence-electron chi connectivity index (χ2n) is 12.0. The maximum Gasteiger partial charge on any atom is 0.294 e. The third-order valence-electron chi connectivity index (χ3n) is 7.16. The number of rotatable bonds is 15. The summed E-state index contributed by atoms with van der Waals surface area (Å²) in [5, 5.41) is 10.8. The van der Waals surface area contributed by atoms with Crippen molar-refractivity contribution in [2.24, 2.45) is 23.7 Å². The van der Waals surface area contributed by atoms with E-state index in [1.807, 2.05) is 95.8 Å². The van der Waals surface area contributed by atoms with Crippen LogP contribution in [-0.2, 0) is 24.5 Å². The Kier molecular flexibility index (Phi) is 18.0. The quantitative estimate of drug-likeness (QED) is 0.119. The van der Waals surface area contributed by atoms with Crippen molar-refractivity contribution in [3.05, 3.63) is 71.8 Å². The number of amides is 3. The number of hydrogen-bond acceptors (Lipinski definition) is 7. The number of hydrogen-bond donors (Lipinski definition) is 4. The average molecular weight is 661 g/mol. The second-order valence-corrected chi connectivity index (χ2v) is 13.4. The fraction of sp³-hybridized carbons (Fsp3) is 0.500. The van der Waals surface area contributed by atoms with Gasteiger partial charge in [-0.3, -0.25) is 39.5 Å². The predicted molar refractivity (Wildman–Crippen MR) is 180 cm³/mol. The lowest BCUT2D eigenvalue weighted by atomic mass is 9.82. The van der Waals surface area contributed by atoms with E-state index in [2.05, 4.69) is 5.43 Å². The highest BCUT2D eigenvalue weighted by molar-refractivity contribution is 7.85. The van der Waals surface area contributed by atoms with Gasteiger partial charge < -0.3 is 0 Å². The minimum atomic E-state index is -4.02. The lowest BCUT2D eigenvalue weighted by Gasteiger charge is -2.31. The van der Waals surface area contributed by atoms with Crippen molar-refractivity contribution >= 4 is 33.9 Å². The summed E-state index contributed by atoms with van der Waals surface area (Å²) in [5.74, 6) is -2.44. The number of aryl methyl sites for hydroxylation is 1. The molecule has 0 bridgehead atoms. The molecule has 0 saturated heterocycles. The summed E-state index contributed by atoms with van der Waals surface area (Å²) >= 11 is 0. The Bertz CT molecular complexity index is 1340. The molecular weight excluding hydrogens is 608 g/mol. The van der Waals surface area contributed by atoms with Gasteiger partial charge in [0.15, 0.2) is 0 Å². The smallest absolute Gasteiger partial charge is 0.294 e. The molecule has 12 heteroatoms. The van der Waals surface area contributed by atoms with E-state index < -0.39 is 33.8 Å². The minimum Gasteiger partial charge on any atom is -0.295 e. The van der Waals surface area contributed by atoms with Gasteiger partial charge in [-0.2, -0.15) is 8.42 Å². The van der Waals surface area contributed by atoms with Crippen LogP contribution in [0.2, 0.25) is 0 Å². The van der Waals surface area contributed by atoms with Gasteiger partial charge in [0.2, 0.25) is 11.8 Å². The summed E-state index contributed by atoms with van der Waals surface area (Å²) < 4.78 is 29.6. The predicted octanol–water partition coefficient (Wildman–Crippen LogP) is 4.97. The molecule has 2 aromatic rings. The monoisotopic (exact) mass is 660 g/mol. The first-order valence-electron chi connectivity index (χ1n) is 15.7. The Labute approximate surface area is 274 Å². The van der Waals surface area contributed by atoms with E-state index in [9.17, 15) is 28.0 Å². The third kappa shape index (κ3) is 15.1. The van der Waals surface area contributed by atoms with Gasteiger partial charge in [0, 0.05) is 6.54 Å². The molecule has 2 aromatic carbocycles. The van der Waals surface area contributed by atoms with E-state index in [0.717, 1.165) is 24.2 Å². The number of carbonyl (C=O) groups is 3. The Morgan fingerprint density at radius 1 is 0.870 bits per heavy atom. The Morgan fingerprint density at radius 3 is 1.93 bits per heavy atom. The van der Waals surface area contributed by atoms with Crippen molar-refractivity contribution < 1.29 is 32.6 Å². The van der Waals surface area contributed by atoms with E-state index >= 15 is 0 Å². The Morgan fingerprint density at radius 2 is 1.46 bits per heavy atom. The lowest BCUT2D eigenvalue weighted by molar-refractivity contribution is -0.148. The SMILES string of the molecule is CCN(CC)CC(=O)N(CC(C)C)NC(=O)[C@H](CC(C)C)[C@H](C/C=C/c1ccccc1)C(=O)NO.Cc1ccc(S(=O)(=O)O)cc1. The molecule has 0 aromatic heterocycles. The van der Waals surface area contributed by atoms with E-state index in [-0.39, 0.29) is 35.6 Å². The number of benzene rings is 2. The van der Waals surface area contributed by atoms with E-state index in [4.69, 9.17) is 4.55 Å². The largest absolute Gasteiger partial charge is 0.295 e. The molecule has 0 aliphatic rings. The fourth-order valence-electron chi connectivity index (χ4n) is 4.64. The van der Waals surface area contributed by atoms with Crippen molar-refractivity contribution in [3.8, 4) is 0 Å². The summed E-state index contributed by atoms with van der Waals surface area (Å²) in [6, 6.07) is 15.6. The van der Waals surface area contributed by atoms with Crippen LogP contribution in [0.25, 0.3) is 6.08 Å². The van der Waals surface area contributed by atoms with Crippen LogP contribution in [0.5, 0.6) is 0 Å². The van der Waals surface area contributed by atoms with Crippen molar-refractivity contribution in [2.75, 3.05) is 26.2 Å². The van der Waals surface area contributed by atoms with Gasteiger partial charge in [-0.15, -0.1) is 0 Å². The third-order valence-corrected chi connectivity index (χ3v) is 8.03. The van der Waals surface area contributed by atoms with Crippen LogP contribution in [0, 0.1) is 30.6 Å². The van der Waals surface area contributed by atoms with E-state index in [1.165, 1.54) is 17.1 Å². The van der Waals surface area contributed by atoms with Crippen LogP contribution in [0.1, 0.15) is 65.5 Å². The molecule has 46 heavy (non-hydrogen) atoms. The maximum atomic E-state index is 13.5. The van der Waals surface area contributed by atoms with Crippen LogP contribution in [0.15, 0.2) is 65.6 Å². The van der Waals surface area contributed by atoms with Crippen LogP contribution in [0.4, 0.5) is 0 Å². The standard InChI is InChI=1S/C27H44N4O4.C7H8O3S/c1-7-30(8-2)19-25(32)31(18-21(5)6)28-26(33)24(17-20(3)4)23(27(34)29-35)16-12-15-22-13-10-9-11-14-22;1-6-2-4-7(5-3-6)11(8,9)10/h9-15,20-21,23-24,35H,7-8,16-19H2,1-6H3,(H,28,33)(H,29,34);2-5H,1H3,(H,8,9,10)/b15-12+;/t23-,24+;/m0./s1. The fourth-order valence-corrected chi connectivity index (χ4v) is 5.12. The molecule has 4 N–H and O–H groups in total. The zero-order valence-electron chi connectivity index (χ0n) is 28.1. The molecule has 0 spiro atoms. The first-order valence-corrected chi connectivity index (χ1v) is 17.1. The Balaban J connectivity index is 0.000000804. The number of nitrogens with zero attached hydrogens (tertiary/aromatic N) is 2. The van der Waals surface area contributed by atoms with Crippen LogP contribution in [0.3, 0.4) is 0 Å². The topological polar surface area (TPSA) is 156 Å². The van der Waals surface area contributed by atoms with E-state index in [0.29, 0.717) is 13.0 Å². The molecule has 0 fully saturated rings. The lowest BCUT2D eigenvalue weighted by Crippen LogP contribution is -2.54. The second kappa shape index (κ2) is 20.5. The molecule has 2 rings (SSSR count). The first-order chi connectivity index (χ1) is 21.6. The zero-order chi connectivity index (χ0) is 34.9. The zero-order valence-corrected chi connectivity index (χ0v) is 29.0. The molecule has 3 amide bonds. The summed E-state index contributed by atoms with van der Waals surface area (Å²) in [6.45, 7) is 15.8. The normalized spacial score (nSPS) is 12.9.